The molecule has 78 valence electrons. The second kappa shape index (κ2) is 4.99. The molecule has 14 heavy (non-hydrogen) atoms. The Morgan fingerprint density at radius 2 is 2.14 bits per heavy atom. The molecule has 0 aliphatic heterocycles. The number of ether oxygens (including phenoxy) is 1. The van der Waals surface area contributed by atoms with Gasteiger partial charge < -0.3 is 4.74 Å². The van der Waals surface area contributed by atoms with Gasteiger partial charge in [0.15, 0.2) is 0 Å². The zero-order valence-electron chi connectivity index (χ0n) is 9.22. The van der Waals surface area contributed by atoms with Gasteiger partial charge in [-0.1, -0.05) is 17.2 Å². The molecule has 1 aliphatic rings. The summed E-state index contributed by atoms with van der Waals surface area (Å²) < 4.78 is 4.97. The van der Waals surface area contributed by atoms with E-state index in [1.54, 1.807) is 0 Å². The molecule has 0 aromatic carbocycles. The standard InChI is InChI=1S/C12H18O2/c1-9-4-6-12(7-5-9)10(2)8-14-11(3)13/h4H,5-8H2,1-3H3. The first-order valence-electron chi connectivity index (χ1n) is 5.06. The molecule has 0 saturated carbocycles. The van der Waals surface area contributed by atoms with Crippen molar-refractivity contribution in [2.24, 2.45) is 0 Å². The summed E-state index contributed by atoms with van der Waals surface area (Å²) in [6.45, 7) is 6.12. The second-order valence-corrected chi connectivity index (χ2v) is 3.92. The molecule has 0 atom stereocenters. The van der Waals surface area contributed by atoms with Gasteiger partial charge in [0.25, 0.3) is 0 Å². The molecule has 0 aromatic rings. The minimum Gasteiger partial charge on any atom is -0.461 e. The topological polar surface area (TPSA) is 26.3 Å². The van der Waals surface area contributed by atoms with Gasteiger partial charge in [-0.3, -0.25) is 4.79 Å². The molecule has 0 N–H and O–H groups in total. The van der Waals surface area contributed by atoms with Crippen LogP contribution in [0.15, 0.2) is 22.8 Å². The zero-order valence-corrected chi connectivity index (χ0v) is 9.22. The Balaban J connectivity index is 2.52. The summed E-state index contributed by atoms with van der Waals surface area (Å²) in [7, 11) is 0. The van der Waals surface area contributed by atoms with E-state index in [2.05, 4.69) is 13.0 Å². The highest BCUT2D eigenvalue weighted by Gasteiger charge is 2.08. The van der Waals surface area contributed by atoms with Crippen LogP contribution in [-0.4, -0.2) is 12.6 Å². The Bertz CT molecular complexity index is 285. The minimum absolute atomic E-state index is 0.201. The van der Waals surface area contributed by atoms with E-state index in [1.165, 1.54) is 23.6 Å². The lowest BCUT2D eigenvalue weighted by Crippen LogP contribution is -2.05. The van der Waals surface area contributed by atoms with Gasteiger partial charge in [0.2, 0.25) is 0 Å². The van der Waals surface area contributed by atoms with Crippen LogP contribution in [-0.2, 0) is 9.53 Å². The first kappa shape index (κ1) is 11.0. The summed E-state index contributed by atoms with van der Waals surface area (Å²) in [6.07, 6.45) is 5.55. The molecule has 2 nitrogen and oxygen atoms in total. The van der Waals surface area contributed by atoms with Crippen molar-refractivity contribution >= 4 is 5.97 Å². The van der Waals surface area contributed by atoms with Crippen LogP contribution in [0.1, 0.15) is 40.0 Å². The van der Waals surface area contributed by atoms with Crippen LogP contribution in [0, 0.1) is 0 Å². The molecule has 0 aromatic heterocycles. The Kier molecular flexibility index (Phi) is 3.93. The summed E-state index contributed by atoms with van der Waals surface area (Å²) in [5.74, 6) is -0.201. The number of carbonyl (C=O) groups excluding carboxylic acids is 1. The molecule has 0 amide bonds. The predicted molar refractivity (Wildman–Crippen MR) is 56.9 cm³/mol. The van der Waals surface area contributed by atoms with E-state index >= 15 is 0 Å². The van der Waals surface area contributed by atoms with Gasteiger partial charge in [0, 0.05) is 6.92 Å². The minimum atomic E-state index is -0.201. The maximum Gasteiger partial charge on any atom is 0.302 e. The van der Waals surface area contributed by atoms with Gasteiger partial charge >= 0.3 is 5.97 Å². The van der Waals surface area contributed by atoms with Gasteiger partial charge in [-0.15, -0.1) is 0 Å². The van der Waals surface area contributed by atoms with E-state index in [9.17, 15) is 4.79 Å². The van der Waals surface area contributed by atoms with Crippen molar-refractivity contribution in [2.75, 3.05) is 6.61 Å². The average Bonchev–Trinajstić information content (AvgIpc) is 2.15. The molecule has 0 heterocycles. The Morgan fingerprint density at radius 3 is 2.64 bits per heavy atom. The maximum absolute atomic E-state index is 10.6. The SMILES string of the molecule is CC(=O)OCC(C)=C1CC=C(C)CC1. The van der Waals surface area contributed by atoms with Crippen molar-refractivity contribution in [3.63, 3.8) is 0 Å². The largest absolute Gasteiger partial charge is 0.461 e. The fraction of sp³-hybridized carbons (Fsp3) is 0.583. The molecule has 1 rings (SSSR count). The summed E-state index contributed by atoms with van der Waals surface area (Å²) in [5, 5.41) is 0. The highest BCUT2D eigenvalue weighted by molar-refractivity contribution is 5.66. The monoisotopic (exact) mass is 194 g/mol. The molecule has 0 fully saturated rings. The smallest absolute Gasteiger partial charge is 0.302 e. The van der Waals surface area contributed by atoms with E-state index in [-0.39, 0.29) is 5.97 Å². The van der Waals surface area contributed by atoms with E-state index in [0.29, 0.717) is 6.61 Å². The number of carbonyl (C=O) groups is 1. The van der Waals surface area contributed by atoms with E-state index in [4.69, 9.17) is 4.74 Å². The van der Waals surface area contributed by atoms with Crippen molar-refractivity contribution in [3.05, 3.63) is 22.8 Å². The van der Waals surface area contributed by atoms with E-state index in [1.807, 2.05) is 6.92 Å². The predicted octanol–water partition coefficient (Wildman–Crippen LogP) is 3.00. The van der Waals surface area contributed by atoms with Crippen LogP contribution in [0.3, 0.4) is 0 Å². The molecule has 0 bridgehead atoms. The van der Waals surface area contributed by atoms with Gasteiger partial charge in [0.05, 0.1) is 0 Å². The molecule has 0 saturated heterocycles. The number of rotatable bonds is 2. The lowest BCUT2D eigenvalue weighted by atomic mass is 9.92. The number of allylic oxidation sites excluding steroid dienone is 3. The quantitative estimate of drug-likeness (QED) is 0.499. The molecular formula is C12H18O2. The van der Waals surface area contributed by atoms with Crippen LogP contribution >= 0.6 is 0 Å². The van der Waals surface area contributed by atoms with Crippen molar-refractivity contribution in [1.29, 1.82) is 0 Å². The molecule has 0 unspecified atom stereocenters. The lowest BCUT2D eigenvalue weighted by molar-refractivity contribution is -0.139. The van der Waals surface area contributed by atoms with Crippen molar-refractivity contribution < 1.29 is 9.53 Å². The van der Waals surface area contributed by atoms with Gasteiger partial charge in [-0.2, -0.15) is 0 Å². The van der Waals surface area contributed by atoms with Crippen LogP contribution in [0.25, 0.3) is 0 Å². The van der Waals surface area contributed by atoms with E-state index < -0.39 is 0 Å². The first-order chi connectivity index (χ1) is 6.59. The van der Waals surface area contributed by atoms with Gasteiger partial charge in [-0.05, 0) is 38.7 Å². The normalized spacial score (nSPS) is 20.1. The number of hydrogen-bond acceptors (Lipinski definition) is 2. The third-order valence-electron chi connectivity index (χ3n) is 2.61. The molecular weight excluding hydrogens is 176 g/mol. The fourth-order valence-corrected chi connectivity index (χ4v) is 1.55. The Labute approximate surface area is 85.6 Å². The summed E-state index contributed by atoms with van der Waals surface area (Å²) in [4.78, 5) is 10.6. The van der Waals surface area contributed by atoms with Crippen molar-refractivity contribution in [3.8, 4) is 0 Å². The summed E-state index contributed by atoms with van der Waals surface area (Å²) in [6, 6.07) is 0. The first-order valence-corrected chi connectivity index (χ1v) is 5.06. The highest BCUT2D eigenvalue weighted by Crippen LogP contribution is 2.25. The molecule has 0 radical (unpaired) electrons. The zero-order chi connectivity index (χ0) is 10.6. The lowest BCUT2D eigenvalue weighted by Gasteiger charge is -2.16. The highest BCUT2D eigenvalue weighted by atomic mass is 16.5. The summed E-state index contributed by atoms with van der Waals surface area (Å²) >= 11 is 0. The number of esters is 1. The Hall–Kier alpha value is -1.05. The molecule has 2 heteroatoms. The van der Waals surface area contributed by atoms with Crippen LogP contribution in [0.2, 0.25) is 0 Å². The van der Waals surface area contributed by atoms with Gasteiger partial charge in [-0.25, -0.2) is 0 Å². The van der Waals surface area contributed by atoms with Gasteiger partial charge in [0.1, 0.15) is 6.61 Å². The second-order valence-electron chi connectivity index (χ2n) is 3.92. The average molecular weight is 194 g/mol. The van der Waals surface area contributed by atoms with E-state index in [0.717, 1.165) is 19.3 Å². The van der Waals surface area contributed by atoms with Crippen molar-refractivity contribution in [2.45, 2.75) is 40.0 Å². The number of hydrogen-bond donors (Lipinski definition) is 0. The van der Waals surface area contributed by atoms with Crippen LogP contribution < -0.4 is 0 Å². The van der Waals surface area contributed by atoms with Crippen LogP contribution in [0.4, 0.5) is 0 Å². The third kappa shape index (κ3) is 3.36. The fourth-order valence-electron chi connectivity index (χ4n) is 1.55. The summed E-state index contributed by atoms with van der Waals surface area (Å²) in [5.41, 5.74) is 4.11. The maximum atomic E-state index is 10.6. The Morgan fingerprint density at radius 1 is 1.43 bits per heavy atom. The van der Waals surface area contributed by atoms with Crippen molar-refractivity contribution in [1.82, 2.24) is 0 Å². The molecule has 0 spiro atoms. The van der Waals surface area contributed by atoms with Crippen LogP contribution in [0.5, 0.6) is 0 Å². The third-order valence-corrected chi connectivity index (χ3v) is 2.61. The molecule has 1 aliphatic carbocycles.